The lowest BCUT2D eigenvalue weighted by molar-refractivity contribution is -0.884. The van der Waals surface area contributed by atoms with Crippen molar-refractivity contribution < 1.29 is 32.9 Å². The van der Waals surface area contributed by atoms with E-state index in [9.17, 15) is 9.65 Å². The van der Waals surface area contributed by atoms with E-state index in [0.29, 0.717) is 16.6 Å². The molecule has 0 aliphatic rings. The number of hydrogen-bond acceptors (Lipinski definition) is 2. The summed E-state index contributed by atoms with van der Waals surface area (Å²) in [6, 6.07) is 6.56. The molecule has 0 saturated heterocycles. The summed E-state index contributed by atoms with van der Waals surface area (Å²) in [6.45, 7) is 2.60. The first-order valence-electron chi connectivity index (χ1n) is 6.36. The average Bonchev–Trinajstić information content (AvgIpc) is 2.69. The minimum atomic E-state index is -0.413. The minimum Gasteiger partial charge on any atom is -1.00 e. The Balaban J connectivity index is 0.00000220. The molecule has 2 rings (SSSR count). The molecule has 0 unspecified atom stereocenters. The van der Waals surface area contributed by atoms with Gasteiger partial charge in [0.2, 0.25) is 0 Å². The van der Waals surface area contributed by atoms with Gasteiger partial charge < -0.3 is 28.5 Å². The Morgan fingerprint density at radius 1 is 1.33 bits per heavy atom. The molecule has 0 N–H and O–H groups in total. The maximum absolute atomic E-state index is 14.1. The fourth-order valence-electron chi connectivity index (χ4n) is 2.15. The summed E-state index contributed by atoms with van der Waals surface area (Å²) in [7, 11) is 6.18. The zero-order valence-electron chi connectivity index (χ0n) is 12.6. The Kier molecular flexibility index (Phi) is 5.48. The van der Waals surface area contributed by atoms with Gasteiger partial charge in [-0.2, -0.15) is 5.26 Å². The van der Waals surface area contributed by atoms with Crippen LogP contribution in [0.3, 0.4) is 0 Å². The maximum atomic E-state index is 14.1. The van der Waals surface area contributed by atoms with Crippen LogP contribution in [0.15, 0.2) is 24.5 Å². The highest BCUT2D eigenvalue weighted by atomic mass is 127. The number of aryl methyl sites for hydroxylation is 1. The van der Waals surface area contributed by atoms with Crippen LogP contribution in [-0.2, 0) is 6.54 Å². The second-order valence-electron chi connectivity index (χ2n) is 5.84. The van der Waals surface area contributed by atoms with Gasteiger partial charge in [0, 0.05) is 0 Å². The van der Waals surface area contributed by atoms with E-state index >= 15 is 0 Å². The lowest BCUT2D eigenvalue weighted by Crippen LogP contribution is -3.00. The zero-order valence-corrected chi connectivity index (χ0v) is 14.7. The normalized spacial score (nSPS) is 10.9. The predicted molar refractivity (Wildman–Crippen MR) is 74.7 cm³/mol. The summed E-state index contributed by atoms with van der Waals surface area (Å²) in [5.74, 6) is -0.413. The first-order valence-corrected chi connectivity index (χ1v) is 6.36. The number of para-hydroxylation sites is 1. The van der Waals surface area contributed by atoms with Crippen molar-refractivity contribution in [2.45, 2.75) is 13.5 Å². The SMILES string of the molecule is Cc1ncn(-c2c(F)cccc2C#N)c1C[N+](C)(C)C.[I-]. The van der Waals surface area contributed by atoms with Gasteiger partial charge in [0.1, 0.15) is 36.1 Å². The van der Waals surface area contributed by atoms with Crippen LogP contribution in [0.1, 0.15) is 17.0 Å². The molecule has 0 aliphatic heterocycles. The fraction of sp³-hybridized carbons (Fsp3) is 0.333. The molecule has 0 spiro atoms. The average molecular weight is 400 g/mol. The quantitative estimate of drug-likeness (QED) is 0.511. The Labute approximate surface area is 141 Å². The first-order chi connectivity index (χ1) is 9.33. The topological polar surface area (TPSA) is 41.6 Å². The van der Waals surface area contributed by atoms with Crippen LogP contribution in [-0.4, -0.2) is 35.2 Å². The van der Waals surface area contributed by atoms with E-state index in [1.54, 1.807) is 23.0 Å². The number of imidazole rings is 1. The molecular weight excluding hydrogens is 382 g/mol. The first kappa shape index (κ1) is 17.6. The Morgan fingerprint density at radius 3 is 2.57 bits per heavy atom. The molecule has 2 aromatic rings. The molecule has 0 fully saturated rings. The van der Waals surface area contributed by atoms with Crippen molar-refractivity contribution in [1.29, 1.82) is 5.26 Å². The van der Waals surface area contributed by atoms with Gasteiger partial charge in [0.15, 0.2) is 0 Å². The van der Waals surface area contributed by atoms with Crippen LogP contribution in [0.5, 0.6) is 0 Å². The van der Waals surface area contributed by atoms with E-state index in [-0.39, 0.29) is 29.7 Å². The van der Waals surface area contributed by atoms with Crippen LogP contribution >= 0.6 is 0 Å². The Hall–Kier alpha value is -1.46. The van der Waals surface area contributed by atoms with E-state index in [0.717, 1.165) is 11.4 Å². The van der Waals surface area contributed by atoms with Gasteiger partial charge in [0.25, 0.3) is 0 Å². The van der Waals surface area contributed by atoms with Gasteiger partial charge in [0.05, 0.1) is 32.4 Å². The van der Waals surface area contributed by atoms with E-state index in [1.165, 1.54) is 6.07 Å². The standard InChI is InChI=1S/C15H18FN4.HI/c1-11-14(9-20(2,3)4)19(10-18-11)15-12(8-17)6-5-7-13(15)16;/h5-7,10H,9H2,1-4H3;1H/q+1;/p-1. The Bertz CT molecular complexity index is 680. The van der Waals surface area contributed by atoms with Crippen molar-refractivity contribution in [3.8, 4) is 11.8 Å². The van der Waals surface area contributed by atoms with Crippen LogP contribution in [0.2, 0.25) is 0 Å². The number of benzene rings is 1. The molecule has 21 heavy (non-hydrogen) atoms. The number of rotatable bonds is 3. The summed E-state index contributed by atoms with van der Waals surface area (Å²) in [6.07, 6.45) is 1.58. The van der Waals surface area contributed by atoms with Gasteiger partial charge in [-0.25, -0.2) is 9.37 Å². The molecule has 1 aromatic carbocycles. The monoisotopic (exact) mass is 400 g/mol. The van der Waals surface area contributed by atoms with Gasteiger partial charge >= 0.3 is 0 Å². The largest absolute Gasteiger partial charge is 1.00 e. The molecule has 1 aromatic heterocycles. The van der Waals surface area contributed by atoms with Crippen molar-refractivity contribution in [2.75, 3.05) is 21.1 Å². The second-order valence-corrected chi connectivity index (χ2v) is 5.84. The number of halogens is 2. The van der Waals surface area contributed by atoms with E-state index in [4.69, 9.17) is 0 Å². The van der Waals surface area contributed by atoms with Crippen molar-refractivity contribution in [2.24, 2.45) is 0 Å². The van der Waals surface area contributed by atoms with Crippen LogP contribution in [0.25, 0.3) is 5.69 Å². The highest BCUT2D eigenvalue weighted by Crippen LogP contribution is 2.23. The summed E-state index contributed by atoms with van der Waals surface area (Å²) in [5.41, 5.74) is 2.36. The predicted octanol–water partition coefficient (Wildman–Crippen LogP) is -0.598. The molecule has 0 aliphatic carbocycles. The molecule has 1 heterocycles. The van der Waals surface area contributed by atoms with Gasteiger partial charge in [-0.3, -0.25) is 4.57 Å². The number of nitrogens with zero attached hydrogens (tertiary/aromatic N) is 4. The van der Waals surface area contributed by atoms with Crippen molar-refractivity contribution >= 4 is 0 Å². The van der Waals surface area contributed by atoms with Gasteiger partial charge in [-0.05, 0) is 19.1 Å². The van der Waals surface area contributed by atoms with Crippen molar-refractivity contribution in [1.82, 2.24) is 9.55 Å². The third kappa shape index (κ3) is 3.80. The maximum Gasteiger partial charge on any atom is 0.148 e. The minimum absolute atomic E-state index is 0. The van der Waals surface area contributed by atoms with E-state index < -0.39 is 5.82 Å². The fourth-order valence-corrected chi connectivity index (χ4v) is 2.15. The van der Waals surface area contributed by atoms with E-state index in [1.807, 2.05) is 13.0 Å². The van der Waals surface area contributed by atoms with Crippen LogP contribution in [0.4, 0.5) is 4.39 Å². The lowest BCUT2D eigenvalue weighted by Gasteiger charge is -2.25. The van der Waals surface area contributed by atoms with Crippen LogP contribution in [0, 0.1) is 24.1 Å². The zero-order chi connectivity index (χ0) is 14.9. The number of quaternary nitrogens is 1. The molecular formula is C15H18FIN4. The summed E-state index contributed by atoms with van der Waals surface area (Å²) >= 11 is 0. The summed E-state index contributed by atoms with van der Waals surface area (Å²) < 4.78 is 16.5. The molecule has 4 nitrogen and oxygen atoms in total. The number of hydrogen-bond donors (Lipinski definition) is 0. The number of nitriles is 1. The highest BCUT2D eigenvalue weighted by molar-refractivity contribution is 5.50. The molecule has 6 heteroatoms. The Morgan fingerprint density at radius 2 is 2.00 bits per heavy atom. The van der Waals surface area contributed by atoms with Crippen LogP contribution < -0.4 is 24.0 Å². The molecule has 0 atom stereocenters. The number of aromatic nitrogens is 2. The highest BCUT2D eigenvalue weighted by Gasteiger charge is 2.20. The lowest BCUT2D eigenvalue weighted by atomic mass is 10.1. The third-order valence-corrected chi connectivity index (χ3v) is 3.05. The van der Waals surface area contributed by atoms with Crippen molar-refractivity contribution in [3.05, 3.63) is 47.3 Å². The molecule has 0 radical (unpaired) electrons. The molecule has 112 valence electrons. The summed E-state index contributed by atoms with van der Waals surface area (Å²) in [4.78, 5) is 4.27. The van der Waals surface area contributed by atoms with Crippen molar-refractivity contribution in [3.63, 3.8) is 0 Å². The second kappa shape index (κ2) is 6.54. The summed E-state index contributed by atoms with van der Waals surface area (Å²) in [5, 5.41) is 9.18. The van der Waals surface area contributed by atoms with Gasteiger partial charge in [-0.1, -0.05) is 6.07 Å². The third-order valence-electron chi connectivity index (χ3n) is 3.05. The molecule has 0 amide bonds. The smallest absolute Gasteiger partial charge is 0.148 e. The van der Waals surface area contributed by atoms with E-state index in [2.05, 4.69) is 26.1 Å². The molecule has 0 bridgehead atoms. The molecule has 0 saturated carbocycles. The van der Waals surface area contributed by atoms with Gasteiger partial charge in [-0.15, -0.1) is 0 Å².